The third kappa shape index (κ3) is 21.1. The molecule has 0 aliphatic carbocycles. The lowest BCUT2D eigenvalue weighted by atomic mass is 10.1. The second-order valence-corrected chi connectivity index (χ2v) is 24.0. The van der Waals surface area contributed by atoms with Crippen LogP contribution in [0.25, 0.3) is 0 Å². The molecule has 356 valence electrons. The number of benzene rings is 1. The second-order valence-electron chi connectivity index (χ2n) is 15.8. The first-order valence-corrected chi connectivity index (χ1v) is 28.7. The highest BCUT2D eigenvalue weighted by molar-refractivity contribution is 8.23. The summed E-state index contributed by atoms with van der Waals surface area (Å²) < 4.78 is 123. The predicted molar refractivity (Wildman–Crippen MR) is 246 cm³/mol. The predicted octanol–water partition coefficient (Wildman–Crippen LogP) is 7.85. The molecule has 0 fully saturated rings. The minimum absolute atomic E-state index is 0.0770. The monoisotopic (exact) mass is 956 g/mol. The van der Waals surface area contributed by atoms with Crippen molar-refractivity contribution in [2.45, 2.75) is 188 Å². The molecular formula is C43H72N8O8S4. The molecule has 0 bridgehead atoms. The van der Waals surface area contributed by atoms with Gasteiger partial charge >= 0.3 is 3.41 Å². The largest absolute Gasteiger partial charge is 0.339 e. The van der Waals surface area contributed by atoms with Gasteiger partial charge in [-0.3, -0.25) is 0 Å². The standard InChI is InChI=1S/C43H72N8O8S4/c44-33-23-13-5-1-9-17-27-37-48-60(52,53)42-32-22-21-31-41(42)43(61(54,55)49-38-28-18-10-2-6-14-24-34-45,62(56,57)50-39-29-19-11-3-7-15-25-35-46)63(58,59)51-40-30-20-12-4-8-16-26-36-47/h21-22,31-32,48-51H,1-20,23-30,37-40H2. The maximum atomic E-state index is 14.9. The zero-order valence-electron chi connectivity index (χ0n) is 37.1. The summed E-state index contributed by atoms with van der Waals surface area (Å²) in [6, 6.07) is 12.8. The van der Waals surface area contributed by atoms with Crippen LogP contribution in [0.3, 0.4) is 0 Å². The molecule has 0 atom stereocenters. The molecule has 0 aliphatic rings. The first-order chi connectivity index (χ1) is 30.2. The minimum atomic E-state index is -5.55. The van der Waals surface area contributed by atoms with Gasteiger partial charge in [-0.25, -0.2) is 52.6 Å². The van der Waals surface area contributed by atoms with Gasteiger partial charge in [-0.2, -0.15) is 21.0 Å². The van der Waals surface area contributed by atoms with Gasteiger partial charge in [0.1, 0.15) is 0 Å². The van der Waals surface area contributed by atoms with E-state index in [1.165, 1.54) is 12.1 Å². The third-order valence-electron chi connectivity index (χ3n) is 10.6. The van der Waals surface area contributed by atoms with E-state index in [0.717, 1.165) is 95.6 Å². The first-order valence-electron chi connectivity index (χ1n) is 22.8. The van der Waals surface area contributed by atoms with Gasteiger partial charge in [0.2, 0.25) is 10.0 Å². The zero-order valence-corrected chi connectivity index (χ0v) is 40.4. The van der Waals surface area contributed by atoms with Crippen LogP contribution in [0, 0.1) is 45.3 Å². The Morgan fingerprint density at radius 3 is 0.921 bits per heavy atom. The summed E-state index contributed by atoms with van der Waals surface area (Å²) in [5.74, 6) is 0. The summed E-state index contributed by atoms with van der Waals surface area (Å²) in [6.45, 7) is -1.05. The van der Waals surface area contributed by atoms with Gasteiger partial charge in [-0.15, -0.1) is 0 Å². The maximum absolute atomic E-state index is 14.9. The molecule has 0 heterocycles. The van der Waals surface area contributed by atoms with E-state index in [2.05, 4.69) is 43.2 Å². The summed E-state index contributed by atoms with van der Waals surface area (Å²) >= 11 is 0. The highest BCUT2D eigenvalue weighted by atomic mass is 32.3. The second kappa shape index (κ2) is 33.3. The van der Waals surface area contributed by atoms with Crippen LogP contribution in [0.15, 0.2) is 29.2 Å². The average molecular weight is 957 g/mol. The molecule has 1 rings (SSSR count). The van der Waals surface area contributed by atoms with Crippen LogP contribution in [-0.4, -0.2) is 59.9 Å². The molecule has 0 aromatic heterocycles. The molecule has 4 N–H and O–H groups in total. The summed E-state index contributed by atoms with van der Waals surface area (Å²) in [5.41, 5.74) is -0.963. The Balaban J connectivity index is 3.70. The number of sulfonamides is 4. The smallest absolute Gasteiger partial charge is 0.213 e. The summed E-state index contributed by atoms with van der Waals surface area (Å²) in [6.07, 6.45) is 17.4. The number of unbranched alkanes of at least 4 members (excludes halogenated alkanes) is 24. The van der Waals surface area contributed by atoms with E-state index in [1.807, 2.05) is 0 Å². The molecule has 0 radical (unpaired) electrons. The Morgan fingerprint density at radius 2 is 0.619 bits per heavy atom. The van der Waals surface area contributed by atoms with Crippen molar-refractivity contribution in [3.63, 3.8) is 0 Å². The van der Waals surface area contributed by atoms with E-state index in [1.54, 1.807) is 0 Å². The zero-order chi connectivity index (χ0) is 46.8. The lowest BCUT2D eigenvalue weighted by Gasteiger charge is -2.34. The fraction of sp³-hybridized carbons (Fsp3) is 0.767. The van der Waals surface area contributed by atoms with Gasteiger partial charge in [0.15, 0.2) is 0 Å². The number of nitriles is 4. The molecule has 20 heteroatoms. The number of nitrogens with one attached hydrogen (secondary N) is 4. The van der Waals surface area contributed by atoms with Crippen molar-refractivity contribution in [3.8, 4) is 24.3 Å². The maximum Gasteiger partial charge on any atom is 0.339 e. The van der Waals surface area contributed by atoms with Crippen molar-refractivity contribution in [1.82, 2.24) is 18.9 Å². The molecule has 16 nitrogen and oxygen atoms in total. The van der Waals surface area contributed by atoms with E-state index in [9.17, 15) is 33.7 Å². The van der Waals surface area contributed by atoms with E-state index < -0.39 is 54.0 Å². The lowest BCUT2D eigenvalue weighted by molar-refractivity contribution is 0.524. The first kappa shape index (κ1) is 57.8. The number of hydrogen-bond donors (Lipinski definition) is 4. The van der Waals surface area contributed by atoms with Crippen LogP contribution in [0.5, 0.6) is 0 Å². The van der Waals surface area contributed by atoms with Crippen LogP contribution in [0.1, 0.15) is 185 Å². The molecule has 1 aromatic rings. The summed E-state index contributed by atoms with van der Waals surface area (Å²) in [4.78, 5) is -0.810. The van der Waals surface area contributed by atoms with E-state index in [4.69, 9.17) is 21.0 Å². The van der Waals surface area contributed by atoms with Gasteiger partial charge in [0.05, 0.1) is 29.2 Å². The van der Waals surface area contributed by atoms with Gasteiger partial charge in [-0.1, -0.05) is 121 Å². The van der Waals surface area contributed by atoms with Crippen molar-refractivity contribution in [1.29, 1.82) is 21.0 Å². The third-order valence-corrected chi connectivity index (χ3v) is 20.6. The van der Waals surface area contributed by atoms with Crippen molar-refractivity contribution >= 4 is 40.1 Å². The van der Waals surface area contributed by atoms with Crippen molar-refractivity contribution in [2.24, 2.45) is 0 Å². The minimum Gasteiger partial charge on any atom is -0.213 e. The lowest BCUT2D eigenvalue weighted by Crippen LogP contribution is -2.62. The summed E-state index contributed by atoms with van der Waals surface area (Å²) in [7, 11) is -21.4. The number of nitrogens with zero attached hydrogens (tertiary/aromatic N) is 4. The van der Waals surface area contributed by atoms with Gasteiger partial charge < -0.3 is 0 Å². The molecule has 0 amide bonds. The van der Waals surface area contributed by atoms with Crippen LogP contribution >= 0.6 is 0 Å². The van der Waals surface area contributed by atoms with Gasteiger partial charge in [0.25, 0.3) is 30.1 Å². The fourth-order valence-corrected chi connectivity index (χ4v) is 16.4. The van der Waals surface area contributed by atoms with E-state index in [-0.39, 0.29) is 45.4 Å². The SMILES string of the molecule is N#CCCCCCCCCNS(=O)(=O)c1ccccc1C(S(=O)(=O)NCCCCCCCCC#N)(S(=O)(=O)NCCCCCCCCC#N)S(=O)(=O)NCCCCCCCCC#N. The Kier molecular flexibility index (Phi) is 30.6. The topological polar surface area (TPSA) is 280 Å². The normalized spacial score (nSPS) is 12.3. The highest BCUT2D eigenvalue weighted by Gasteiger charge is 2.68. The Hall–Kier alpha value is -3.18. The Labute approximate surface area is 380 Å². The Morgan fingerprint density at radius 1 is 0.365 bits per heavy atom. The van der Waals surface area contributed by atoms with Crippen molar-refractivity contribution in [2.75, 3.05) is 26.2 Å². The van der Waals surface area contributed by atoms with E-state index >= 15 is 0 Å². The van der Waals surface area contributed by atoms with Crippen LogP contribution in [0.4, 0.5) is 0 Å². The van der Waals surface area contributed by atoms with Gasteiger partial charge in [0, 0.05) is 57.4 Å². The average Bonchev–Trinajstić information content (AvgIpc) is 3.24. The molecule has 0 saturated heterocycles. The fourth-order valence-electron chi connectivity index (χ4n) is 7.16. The molecule has 0 unspecified atom stereocenters. The van der Waals surface area contributed by atoms with Crippen LogP contribution in [0.2, 0.25) is 0 Å². The molecular weight excluding hydrogens is 885 g/mol. The van der Waals surface area contributed by atoms with Crippen LogP contribution in [-0.2, 0) is 43.5 Å². The molecule has 0 saturated carbocycles. The highest BCUT2D eigenvalue weighted by Crippen LogP contribution is 2.43. The molecule has 0 aliphatic heterocycles. The van der Waals surface area contributed by atoms with Gasteiger partial charge in [-0.05, 0) is 57.4 Å². The number of hydrogen-bond acceptors (Lipinski definition) is 12. The quantitative estimate of drug-likeness (QED) is 0.0457. The Bertz CT molecular complexity index is 1910. The van der Waals surface area contributed by atoms with Crippen molar-refractivity contribution < 1.29 is 33.7 Å². The number of rotatable bonds is 41. The molecule has 1 aromatic carbocycles. The van der Waals surface area contributed by atoms with Crippen LogP contribution < -0.4 is 18.9 Å². The van der Waals surface area contributed by atoms with E-state index in [0.29, 0.717) is 77.0 Å². The molecule has 63 heavy (non-hydrogen) atoms. The molecule has 0 spiro atoms. The van der Waals surface area contributed by atoms with Crippen molar-refractivity contribution in [3.05, 3.63) is 29.8 Å². The summed E-state index contributed by atoms with van der Waals surface area (Å²) in [5, 5.41) is 35.1.